The summed E-state index contributed by atoms with van der Waals surface area (Å²) in [7, 11) is 0. The zero-order valence-corrected chi connectivity index (χ0v) is 9.62. The van der Waals surface area contributed by atoms with E-state index < -0.39 is 23.1 Å². The fourth-order valence-electron chi connectivity index (χ4n) is 1.31. The van der Waals surface area contributed by atoms with E-state index in [1.807, 2.05) is 6.92 Å². The molecule has 1 heterocycles. The quantitative estimate of drug-likeness (QED) is 0.656. The van der Waals surface area contributed by atoms with Crippen LogP contribution in [0, 0.1) is 0 Å². The standard InChI is InChI=1S/C9H16O5S/c1-3-15-8-7(11)9(12,5-14-8)4-13-6(2)10/h7-8,11-12H,3-5H2,1-2H3/t7-,8-,9+/m0/s1. The summed E-state index contributed by atoms with van der Waals surface area (Å²) in [6.45, 7) is 2.94. The number of aliphatic hydroxyl groups is 2. The van der Waals surface area contributed by atoms with Crippen molar-refractivity contribution < 1.29 is 24.5 Å². The lowest BCUT2D eigenvalue weighted by Crippen LogP contribution is -2.47. The Morgan fingerprint density at radius 3 is 2.93 bits per heavy atom. The average molecular weight is 236 g/mol. The Morgan fingerprint density at radius 1 is 1.73 bits per heavy atom. The molecule has 0 aromatic rings. The zero-order chi connectivity index (χ0) is 11.5. The number of aliphatic hydroxyl groups excluding tert-OH is 1. The summed E-state index contributed by atoms with van der Waals surface area (Å²) < 4.78 is 9.91. The molecule has 5 nitrogen and oxygen atoms in total. The Hall–Kier alpha value is -0.300. The lowest BCUT2D eigenvalue weighted by atomic mass is 10.0. The van der Waals surface area contributed by atoms with E-state index >= 15 is 0 Å². The summed E-state index contributed by atoms with van der Waals surface area (Å²) in [5.74, 6) is 0.299. The van der Waals surface area contributed by atoms with E-state index in [1.165, 1.54) is 18.7 Å². The highest BCUT2D eigenvalue weighted by Crippen LogP contribution is 2.31. The summed E-state index contributed by atoms with van der Waals surface area (Å²) >= 11 is 1.41. The first kappa shape index (κ1) is 12.8. The third kappa shape index (κ3) is 3.07. The van der Waals surface area contributed by atoms with Crippen molar-refractivity contribution in [3.05, 3.63) is 0 Å². The predicted octanol–water partition coefficient (Wildman–Crippen LogP) is -0.249. The molecule has 1 saturated heterocycles. The second-order valence-electron chi connectivity index (χ2n) is 3.46. The first-order valence-electron chi connectivity index (χ1n) is 4.76. The van der Waals surface area contributed by atoms with Gasteiger partial charge in [-0.15, -0.1) is 11.8 Å². The van der Waals surface area contributed by atoms with Crippen molar-refractivity contribution in [1.82, 2.24) is 0 Å². The monoisotopic (exact) mass is 236 g/mol. The maximum atomic E-state index is 10.6. The molecule has 0 amide bonds. The van der Waals surface area contributed by atoms with Crippen LogP contribution in [0.2, 0.25) is 0 Å². The molecule has 1 aliphatic heterocycles. The van der Waals surface area contributed by atoms with Crippen LogP contribution in [0.25, 0.3) is 0 Å². The lowest BCUT2D eigenvalue weighted by Gasteiger charge is -2.25. The van der Waals surface area contributed by atoms with E-state index in [0.29, 0.717) is 0 Å². The van der Waals surface area contributed by atoms with Crippen molar-refractivity contribution >= 4 is 17.7 Å². The van der Waals surface area contributed by atoms with Gasteiger partial charge in [0.1, 0.15) is 18.1 Å². The number of esters is 1. The Morgan fingerprint density at radius 2 is 2.40 bits per heavy atom. The normalized spacial score (nSPS) is 35.5. The summed E-state index contributed by atoms with van der Waals surface area (Å²) in [5.41, 5.74) is -1.92. The van der Waals surface area contributed by atoms with Crippen LogP contribution in [0.1, 0.15) is 13.8 Å². The van der Waals surface area contributed by atoms with E-state index in [0.717, 1.165) is 5.75 Å². The molecule has 15 heavy (non-hydrogen) atoms. The van der Waals surface area contributed by atoms with Gasteiger partial charge in [0.2, 0.25) is 0 Å². The van der Waals surface area contributed by atoms with Crippen molar-refractivity contribution in [3.8, 4) is 0 Å². The van der Waals surface area contributed by atoms with Gasteiger partial charge in [-0.1, -0.05) is 6.92 Å². The van der Waals surface area contributed by atoms with Gasteiger partial charge in [0.25, 0.3) is 0 Å². The van der Waals surface area contributed by atoms with Gasteiger partial charge in [0, 0.05) is 6.92 Å². The molecule has 0 saturated carbocycles. The number of rotatable bonds is 4. The van der Waals surface area contributed by atoms with Crippen LogP contribution in [-0.2, 0) is 14.3 Å². The van der Waals surface area contributed by atoms with Crippen molar-refractivity contribution in [2.24, 2.45) is 0 Å². The van der Waals surface area contributed by atoms with Crippen molar-refractivity contribution in [3.63, 3.8) is 0 Å². The van der Waals surface area contributed by atoms with Gasteiger partial charge in [0.05, 0.1) is 6.61 Å². The molecule has 0 unspecified atom stereocenters. The molecule has 0 bridgehead atoms. The second kappa shape index (κ2) is 5.16. The number of hydrogen-bond acceptors (Lipinski definition) is 6. The number of ether oxygens (including phenoxy) is 2. The minimum Gasteiger partial charge on any atom is -0.463 e. The SMILES string of the molecule is CCS[C@@H]1OC[C@](O)(COC(C)=O)[C@H]1O. The number of thioether (sulfide) groups is 1. The van der Waals surface area contributed by atoms with Crippen LogP contribution in [0.4, 0.5) is 0 Å². The third-order valence-electron chi connectivity index (χ3n) is 2.16. The summed E-state index contributed by atoms with van der Waals surface area (Å²) in [4.78, 5) is 10.6. The molecule has 2 N–H and O–H groups in total. The van der Waals surface area contributed by atoms with Crippen LogP contribution >= 0.6 is 11.8 Å². The Kier molecular flexibility index (Phi) is 4.39. The highest BCUT2D eigenvalue weighted by Gasteiger charge is 2.48. The molecule has 3 atom stereocenters. The topological polar surface area (TPSA) is 76.0 Å². The van der Waals surface area contributed by atoms with Gasteiger partial charge >= 0.3 is 5.97 Å². The molecule has 1 rings (SSSR count). The fourth-order valence-corrected chi connectivity index (χ4v) is 2.24. The van der Waals surface area contributed by atoms with Gasteiger partial charge in [-0.05, 0) is 5.75 Å². The van der Waals surface area contributed by atoms with Crippen LogP contribution in [0.5, 0.6) is 0 Å². The highest BCUT2D eigenvalue weighted by molar-refractivity contribution is 7.99. The number of carbonyl (C=O) groups excluding carboxylic acids is 1. The van der Waals surface area contributed by atoms with Crippen LogP contribution in [0.15, 0.2) is 0 Å². The lowest BCUT2D eigenvalue weighted by molar-refractivity contribution is -0.153. The summed E-state index contributed by atoms with van der Waals surface area (Å²) in [6.07, 6.45) is -1.03. The first-order chi connectivity index (χ1) is 6.99. The van der Waals surface area contributed by atoms with Gasteiger partial charge in [-0.2, -0.15) is 0 Å². The van der Waals surface area contributed by atoms with Gasteiger partial charge in [-0.25, -0.2) is 0 Å². The van der Waals surface area contributed by atoms with E-state index in [-0.39, 0.29) is 13.2 Å². The second-order valence-corrected chi connectivity index (χ2v) is 4.84. The Bertz CT molecular complexity index is 235. The summed E-state index contributed by atoms with van der Waals surface area (Å²) in [5, 5.41) is 19.7. The zero-order valence-electron chi connectivity index (χ0n) is 8.80. The van der Waals surface area contributed by atoms with Crippen LogP contribution in [-0.4, -0.2) is 52.3 Å². The van der Waals surface area contributed by atoms with E-state index in [1.54, 1.807) is 0 Å². The van der Waals surface area contributed by atoms with Gasteiger partial charge in [-0.3, -0.25) is 4.79 Å². The van der Waals surface area contributed by atoms with Crippen molar-refractivity contribution in [2.75, 3.05) is 19.0 Å². The van der Waals surface area contributed by atoms with E-state index in [2.05, 4.69) is 4.74 Å². The van der Waals surface area contributed by atoms with Crippen LogP contribution in [0.3, 0.4) is 0 Å². The molecule has 6 heteroatoms. The minimum atomic E-state index is -1.47. The largest absolute Gasteiger partial charge is 0.463 e. The molecule has 0 aromatic heterocycles. The minimum absolute atomic E-state index is 0.0148. The van der Waals surface area contributed by atoms with Crippen molar-refractivity contribution in [2.45, 2.75) is 31.0 Å². The Labute approximate surface area is 92.8 Å². The first-order valence-corrected chi connectivity index (χ1v) is 5.81. The molecule has 0 aliphatic carbocycles. The summed E-state index contributed by atoms with van der Waals surface area (Å²) in [6, 6.07) is 0. The van der Waals surface area contributed by atoms with Crippen molar-refractivity contribution in [1.29, 1.82) is 0 Å². The smallest absolute Gasteiger partial charge is 0.302 e. The molecule has 1 fully saturated rings. The molecule has 88 valence electrons. The number of carbonyl (C=O) groups is 1. The molecule has 1 aliphatic rings. The molecular weight excluding hydrogens is 220 g/mol. The predicted molar refractivity (Wildman–Crippen MR) is 55.5 cm³/mol. The fraction of sp³-hybridized carbons (Fsp3) is 0.889. The molecule has 0 radical (unpaired) electrons. The van der Waals surface area contributed by atoms with Gasteiger partial charge < -0.3 is 19.7 Å². The molecule has 0 aromatic carbocycles. The maximum Gasteiger partial charge on any atom is 0.302 e. The maximum absolute atomic E-state index is 10.6. The van der Waals surface area contributed by atoms with E-state index in [4.69, 9.17) is 4.74 Å². The number of hydrogen-bond donors (Lipinski definition) is 2. The van der Waals surface area contributed by atoms with Crippen LogP contribution < -0.4 is 0 Å². The highest BCUT2D eigenvalue weighted by atomic mass is 32.2. The average Bonchev–Trinajstić information content (AvgIpc) is 2.45. The molecular formula is C9H16O5S. The van der Waals surface area contributed by atoms with E-state index in [9.17, 15) is 15.0 Å². The Balaban J connectivity index is 2.51. The third-order valence-corrected chi connectivity index (χ3v) is 3.22. The molecule has 0 spiro atoms. The van der Waals surface area contributed by atoms with Gasteiger partial charge in [0.15, 0.2) is 5.60 Å².